The molecule has 0 fully saturated rings. The van der Waals surface area contributed by atoms with Gasteiger partial charge in [-0.2, -0.15) is 32.5 Å². The van der Waals surface area contributed by atoms with Gasteiger partial charge in [-0.25, -0.2) is 15.0 Å². The van der Waals surface area contributed by atoms with Gasteiger partial charge in [0, 0.05) is 6.20 Å². The van der Waals surface area contributed by atoms with Crippen molar-refractivity contribution in [3.05, 3.63) is 42.2 Å². The zero-order chi connectivity index (χ0) is 18.0. The Morgan fingerprint density at radius 2 is 1.72 bits per heavy atom. The fourth-order valence-corrected chi connectivity index (χ4v) is 1.75. The summed E-state index contributed by atoms with van der Waals surface area (Å²) in [6, 6.07) is 3.18. The summed E-state index contributed by atoms with van der Waals surface area (Å²) in [5, 5.41) is 2.68. The smallest absolute Gasteiger partial charge is 0.368 e. The lowest BCUT2D eigenvalue weighted by molar-refractivity contribution is -0.141. The van der Waals surface area contributed by atoms with E-state index in [1.54, 1.807) is 0 Å². The Hall–Kier alpha value is -3.44. The molecule has 0 unspecified atom stereocenters. The molecule has 0 amide bonds. The molecule has 0 aliphatic rings. The van der Waals surface area contributed by atoms with Crippen LogP contribution in [0.15, 0.2) is 30.6 Å². The zero-order valence-electron chi connectivity index (χ0n) is 12.2. The minimum absolute atomic E-state index is 0.0862. The topological polar surface area (TPSA) is 115 Å². The maximum absolute atomic E-state index is 12.8. The summed E-state index contributed by atoms with van der Waals surface area (Å²) in [5.74, 6) is -1.65. The Morgan fingerprint density at radius 1 is 0.920 bits per heavy atom. The fraction of sp³-hybridized carbons (Fsp3) is 0.0769. The van der Waals surface area contributed by atoms with E-state index in [2.05, 4.69) is 35.2 Å². The molecule has 8 nitrogen and oxygen atoms in total. The fourth-order valence-electron chi connectivity index (χ4n) is 1.75. The molecule has 3 aromatic rings. The van der Waals surface area contributed by atoms with Crippen LogP contribution in [-0.4, -0.2) is 29.9 Å². The highest BCUT2D eigenvalue weighted by atomic mass is 19.4. The van der Waals surface area contributed by atoms with Crippen LogP contribution < -0.4 is 11.1 Å². The lowest BCUT2D eigenvalue weighted by Gasteiger charge is -2.08. The van der Waals surface area contributed by atoms with Crippen molar-refractivity contribution in [2.45, 2.75) is 6.18 Å². The van der Waals surface area contributed by atoms with Crippen molar-refractivity contribution in [2.24, 2.45) is 0 Å². The number of hydrogen-bond donors (Lipinski definition) is 2. The highest BCUT2D eigenvalue weighted by Gasteiger charge is 2.33. The average Bonchev–Trinajstić information content (AvgIpc) is 2.56. The molecule has 3 heterocycles. The van der Waals surface area contributed by atoms with Crippen LogP contribution in [0.2, 0.25) is 0 Å². The first-order valence-corrected chi connectivity index (χ1v) is 6.62. The van der Waals surface area contributed by atoms with Crippen LogP contribution in [0.25, 0.3) is 11.6 Å². The van der Waals surface area contributed by atoms with E-state index in [9.17, 15) is 17.6 Å². The molecule has 0 aliphatic carbocycles. The largest absolute Gasteiger partial charge is 0.433 e. The summed E-state index contributed by atoms with van der Waals surface area (Å²) in [6.45, 7) is 0. The lowest BCUT2D eigenvalue weighted by Crippen LogP contribution is -2.11. The van der Waals surface area contributed by atoms with Gasteiger partial charge in [0.2, 0.25) is 23.7 Å². The summed E-state index contributed by atoms with van der Waals surface area (Å²) in [4.78, 5) is 22.0. The van der Waals surface area contributed by atoms with Gasteiger partial charge in [0.15, 0.2) is 5.82 Å². The second kappa shape index (κ2) is 6.22. The minimum Gasteiger partial charge on any atom is -0.368 e. The van der Waals surface area contributed by atoms with E-state index in [1.807, 2.05) is 0 Å². The molecule has 25 heavy (non-hydrogen) atoms. The normalized spacial score (nSPS) is 11.4. The number of hydrogen-bond acceptors (Lipinski definition) is 8. The molecule has 0 spiro atoms. The van der Waals surface area contributed by atoms with Crippen LogP contribution in [0.1, 0.15) is 5.69 Å². The number of alkyl halides is 3. The number of anilines is 3. The third-order valence-corrected chi connectivity index (χ3v) is 2.78. The predicted octanol–water partition coefficient (Wildman–Crippen LogP) is 2.21. The number of pyridine rings is 1. The Balaban J connectivity index is 1.95. The number of nitrogens with one attached hydrogen (secondary N) is 1. The van der Waals surface area contributed by atoms with E-state index in [0.29, 0.717) is 5.69 Å². The minimum atomic E-state index is -4.64. The third-order valence-electron chi connectivity index (χ3n) is 2.78. The molecule has 3 N–H and O–H groups in total. The average molecular weight is 352 g/mol. The molecule has 0 aromatic carbocycles. The van der Waals surface area contributed by atoms with Crippen molar-refractivity contribution >= 4 is 17.6 Å². The van der Waals surface area contributed by atoms with Crippen molar-refractivity contribution in [3.63, 3.8) is 0 Å². The van der Waals surface area contributed by atoms with Crippen molar-refractivity contribution < 1.29 is 17.6 Å². The van der Waals surface area contributed by atoms with Crippen LogP contribution in [0.5, 0.6) is 0 Å². The van der Waals surface area contributed by atoms with Crippen molar-refractivity contribution in [3.8, 4) is 11.6 Å². The van der Waals surface area contributed by atoms with Gasteiger partial charge < -0.3 is 11.1 Å². The molecule has 0 radical (unpaired) electrons. The SMILES string of the molecule is Nc1nc(Nc2ccc(F)nc2)nc(-c2nccc(C(F)(F)F)n2)n1. The van der Waals surface area contributed by atoms with Gasteiger partial charge in [0.1, 0.15) is 5.69 Å². The monoisotopic (exact) mass is 352 g/mol. The number of nitrogen functional groups attached to an aromatic ring is 1. The van der Waals surface area contributed by atoms with Crippen molar-refractivity contribution in [1.82, 2.24) is 29.9 Å². The molecule has 128 valence electrons. The summed E-state index contributed by atoms with van der Waals surface area (Å²) in [7, 11) is 0. The van der Waals surface area contributed by atoms with Crippen LogP contribution in [0.3, 0.4) is 0 Å². The third kappa shape index (κ3) is 3.91. The number of aromatic nitrogens is 6. The molecule has 0 atom stereocenters. The van der Waals surface area contributed by atoms with Crippen molar-refractivity contribution in [2.75, 3.05) is 11.1 Å². The van der Waals surface area contributed by atoms with Gasteiger partial charge in [0.05, 0.1) is 11.9 Å². The summed E-state index contributed by atoms with van der Waals surface area (Å²) in [5.41, 5.74) is 4.73. The first-order chi connectivity index (χ1) is 11.8. The molecule has 0 saturated heterocycles. The number of nitrogens with zero attached hydrogens (tertiary/aromatic N) is 6. The van der Waals surface area contributed by atoms with Gasteiger partial charge in [-0.15, -0.1) is 0 Å². The van der Waals surface area contributed by atoms with E-state index in [1.165, 1.54) is 12.3 Å². The van der Waals surface area contributed by atoms with E-state index in [4.69, 9.17) is 5.73 Å². The lowest BCUT2D eigenvalue weighted by atomic mass is 10.4. The van der Waals surface area contributed by atoms with Crippen LogP contribution in [0.4, 0.5) is 35.1 Å². The molecule has 3 aromatic heterocycles. The van der Waals surface area contributed by atoms with E-state index >= 15 is 0 Å². The number of halogens is 4. The molecule has 12 heteroatoms. The quantitative estimate of drug-likeness (QED) is 0.544. The second-order valence-electron chi connectivity index (χ2n) is 4.60. The summed E-state index contributed by atoms with van der Waals surface area (Å²) in [6.07, 6.45) is -2.53. The van der Waals surface area contributed by atoms with Gasteiger partial charge >= 0.3 is 6.18 Å². The predicted molar refractivity (Wildman–Crippen MR) is 77.7 cm³/mol. The van der Waals surface area contributed by atoms with Gasteiger partial charge in [0.25, 0.3) is 0 Å². The van der Waals surface area contributed by atoms with Crippen molar-refractivity contribution in [1.29, 1.82) is 0 Å². The number of rotatable bonds is 3. The molecule has 0 aliphatic heterocycles. The molecule has 0 bridgehead atoms. The molecular weight excluding hydrogens is 344 g/mol. The van der Waals surface area contributed by atoms with Gasteiger partial charge in [-0.1, -0.05) is 0 Å². The first-order valence-electron chi connectivity index (χ1n) is 6.62. The summed E-state index contributed by atoms with van der Waals surface area (Å²) < 4.78 is 51.0. The van der Waals surface area contributed by atoms with E-state index in [0.717, 1.165) is 18.3 Å². The molecule has 3 rings (SSSR count). The highest BCUT2D eigenvalue weighted by Crippen LogP contribution is 2.28. The second-order valence-corrected chi connectivity index (χ2v) is 4.60. The van der Waals surface area contributed by atoms with Crippen LogP contribution >= 0.6 is 0 Å². The Labute approximate surface area is 137 Å². The first kappa shape index (κ1) is 16.4. The van der Waals surface area contributed by atoms with Crippen LogP contribution in [-0.2, 0) is 6.18 Å². The van der Waals surface area contributed by atoms with E-state index < -0.39 is 17.8 Å². The number of nitrogens with two attached hydrogens (primary N) is 1. The molecular formula is C13H8F4N8. The van der Waals surface area contributed by atoms with Gasteiger partial charge in [-0.05, 0) is 18.2 Å². The standard InChI is InChI=1S/C13H8F4N8/c14-8-2-1-6(5-20-8)21-12-24-10(23-11(18)25-12)9-19-4-3-7(22-9)13(15,16)17/h1-5H,(H3,18,21,23,24,25). The Bertz CT molecular complexity index is 897. The maximum atomic E-state index is 12.8. The Kier molecular flexibility index (Phi) is 4.09. The summed E-state index contributed by atoms with van der Waals surface area (Å²) >= 11 is 0. The van der Waals surface area contributed by atoms with E-state index in [-0.39, 0.29) is 23.5 Å². The maximum Gasteiger partial charge on any atom is 0.433 e. The Morgan fingerprint density at radius 3 is 2.40 bits per heavy atom. The highest BCUT2D eigenvalue weighted by molar-refractivity contribution is 5.55. The van der Waals surface area contributed by atoms with Crippen LogP contribution in [0, 0.1) is 5.95 Å². The molecule has 0 saturated carbocycles. The van der Waals surface area contributed by atoms with Gasteiger partial charge in [-0.3, -0.25) is 0 Å². The zero-order valence-corrected chi connectivity index (χ0v) is 12.2.